The molecular formula is C24H24O4. The second-order valence-corrected chi connectivity index (χ2v) is 7.62. The van der Waals surface area contributed by atoms with Crippen LogP contribution in [0.2, 0.25) is 0 Å². The Hall–Kier alpha value is -2.88. The Bertz CT molecular complexity index is 881. The molecule has 2 aromatic rings. The first-order valence-corrected chi connectivity index (χ1v) is 9.92. The maximum absolute atomic E-state index is 12.7. The van der Waals surface area contributed by atoms with Gasteiger partial charge >= 0.3 is 5.97 Å². The lowest BCUT2D eigenvalue weighted by Crippen LogP contribution is -2.37. The number of carbonyl (C=O) groups excluding carboxylic acids is 2. The average molecular weight is 376 g/mol. The van der Waals surface area contributed by atoms with Gasteiger partial charge in [-0.25, -0.2) is 4.79 Å². The fourth-order valence-electron chi connectivity index (χ4n) is 3.99. The molecule has 1 heterocycles. The summed E-state index contributed by atoms with van der Waals surface area (Å²) < 4.78 is 5.49. The Kier molecular flexibility index (Phi) is 5.29. The number of hydrogen-bond donors (Lipinski definition) is 1. The number of aliphatic hydroxyl groups excluding tert-OH is 1. The molecule has 4 rings (SSSR count). The summed E-state index contributed by atoms with van der Waals surface area (Å²) in [7, 11) is 0. The van der Waals surface area contributed by atoms with E-state index in [4.69, 9.17) is 4.74 Å². The van der Waals surface area contributed by atoms with E-state index in [1.54, 1.807) is 0 Å². The molecule has 4 heteroatoms. The van der Waals surface area contributed by atoms with Crippen LogP contribution in [-0.2, 0) is 20.7 Å². The van der Waals surface area contributed by atoms with Crippen molar-refractivity contribution in [3.63, 3.8) is 0 Å². The summed E-state index contributed by atoms with van der Waals surface area (Å²) in [5.74, 6) is -1.43. The minimum Gasteiger partial charge on any atom is -0.504 e. The third-order valence-electron chi connectivity index (χ3n) is 5.59. The highest BCUT2D eigenvalue weighted by atomic mass is 16.6. The van der Waals surface area contributed by atoms with Crippen LogP contribution in [0.5, 0.6) is 0 Å². The second-order valence-electron chi connectivity index (χ2n) is 7.62. The van der Waals surface area contributed by atoms with Crippen molar-refractivity contribution in [1.82, 2.24) is 0 Å². The largest absolute Gasteiger partial charge is 0.504 e. The fourth-order valence-corrected chi connectivity index (χ4v) is 3.99. The molecule has 0 aromatic heterocycles. The molecule has 2 aliphatic rings. The zero-order chi connectivity index (χ0) is 19.5. The number of esters is 1. The highest BCUT2D eigenvalue weighted by Crippen LogP contribution is 2.48. The van der Waals surface area contributed by atoms with E-state index in [2.05, 4.69) is 0 Å². The highest BCUT2D eigenvalue weighted by molar-refractivity contribution is 6.09. The molecule has 28 heavy (non-hydrogen) atoms. The summed E-state index contributed by atoms with van der Waals surface area (Å²) in [6.45, 7) is 0. The molecule has 2 aromatic carbocycles. The number of Topliss-reactive ketones (excluding diaryl/α,β-unsaturated/α-hetero) is 1. The summed E-state index contributed by atoms with van der Waals surface area (Å²) in [5, 5.41) is 10.6. The van der Waals surface area contributed by atoms with E-state index in [1.807, 2.05) is 60.7 Å². The van der Waals surface area contributed by atoms with Gasteiger partial charge in [0.2, 0.25) is 5.78 Å². The van der Waals surface area contributed by atoms with Crippen LogP contribution in [0.25, 0.3) is 0 Å². The summed E-state index contributed by atoms with van der Waals surface area (Å²) in [4.78, 5) is 25.5. The van der Waals surface area contributed by atoms with Gasteiger partial charge in [-0.05, 0) is 49.1 Å². The zero-order valence-corrected chi connectivity index (χ0v) is 15.7. The molecule has 1 N–H and O–H groups in total. The molecule has 0 bridgehead atoms. The van der Waals surface area contributed by atoms with E-state index < -0.39 is 23.6 Å². The number of rotatable bonds is 7. The third kappa shape index (κ3) is 3.86. The van der Waals surface area contributed by atoms with Crippen LogP contribution in [0.3, 0.4) is 0 Å². The molecule has 4 nitrogen and oxygen atoms in total. The number of carbonyl (C=O) groups is 2. The molecule has 0 spiro atoms. The van der Waals surface area contributed by atoms with Gasteiger partial charge in [-0.2, -0.15) is 0 Å². The van der Waals surface area contributed by atoms with Crippen molar-refractivity contribution in [3.05, 3.63) is 83.1 Å². The summed E-state index contributed by atoms with van der Waals surface area (Å²) in [6, 6.07) is 19.6. The maximum atomic E-state index is 12.7. The summed E-state index contributed by atoms with van der Waals surface area (Å²) in [6.07, 6.45) is 3.00. The summed E-state index contributed by atoms with van der Waals surface area (Å²) >= 11 is 0. The monoisotopic (exact) mass is 376 g/mol. The van der Waals surface area contributed by atoms with Crippen molar-refractivity contribution >= 4 is 11.8 Å². The molecule has 1 saturated carbocycles. The number of hydrogen-bond acceptors (Lipinski definition) is 4. The lowest BCUT2D eigenvalue weighted by Gasteiger charge is -2.28. The Morgan fingerprint density at radius 1 is 0.964 bits per heavy atom. The van der Waals surface area contributed by atoms with E-state index in [1.165, 1.54) is 5.56 Å². The molecule has 0 amide bonds. The van der Waals surface area contributed by atoms with Crippen LogP contribution in [0.4, 0.5) is 0 Å². The molecule has 1 aliphatic heterocycles. The first kappa shape index (κ1) is 18.5. The number of cyclic esters (lactones) is 1. The van der Waals surface area contributed by atoms with E-state index >= 15 is 0 Å². The van der Waals surface area contributed by atoms with Crippen LogP contribution in [0, 0.1) is 5.92 Å². The lowest BCUT2D eigenvalue weighted by molar-refractivity contribution is -0.155. The van der Waals surface area contributed by atoms with Crippen molar-refractivity contribution in [2.24, 2.45) is 5.92 Å². The standard InChI is InChI=1S/C24H24O4/c25-22-19(13-7-10-16-8-3-1-4-9-16)28-24(27)21(23(22)26)20(18-14-15-18)17-11-5-2-6-12-17/h1-6,8-9,11-12,18-20,26H,7,10,13-15H2. The van der Waals surface area contributed by atoms with E-state index in [9.17, 15) is 14.7 Å². The van der Waals surface area contributed by atoms with Crippen LogP contribution < -0.4 is 0 Å². The Labute approximate surface area is 164 Å². The van der Waals surface area contributed by atoms with Crippen molar-refractivity contribution < 1.29 is 19.4 Å². The SMILES string of the molecule is O=C1OC(CCCc2ccccc2)C(=O)C(O)=C1C(c1ccccc1)C1CC1. The molecule has 2 atom stereocenters. The molecule has 144 valence electrons. The first-order chi connectivity index (χ1) is 13.6. The van der Waals surface area contributed by atoms with Gasteiger partial charge in [0, 0.05) is 5.92 Å². The fraction of sp³-hybridized carbons (Fsp3) is 0.333. The van der Waals surface area contributed by atoms with Gasteiger partial charge in [0.15, 0.2) is 11.9 Å². The van der Waals surface area contributed by atoms with Gasteiger partial charge in [-0.1, -0.05) is 60.7 Å². The Morgan fingerprint density at radius 3 is 2.25 bits per heavy atom. The quantitative estimate of drug-likeness (QED) is 0.722. The Morgan fingerprint density at radius 2 is 1.61 bits per heavy atom. The van der Waals surface area contributed by atoms with Gasteiger partial charge in [-0.15, -0.1) is 0 Å². The van der Waals surface area contributed by atoms with E-state index in [-0.39, 0.29) is 17.4 Å². The van der Waals surface area contributed by atoms with E-state index in [0.29, 0.717) is 12.8 Å². The molecule has 1 fully saturated rings. The summed E-state index contributed by atoms with van der Waals surface area (Å²) in [5.41, 5.74) is 2.26. The predicted octanol–water partition coefficient (Wildman–Crippen LogP) is 4.51. The number of benzene rings is 2. The van der Waals surface area contributed by atoms with Gasteiger partial charge < -0.3 is 9.84 Å². The number of ether oxygens (including phenoxy) is 1. The van der Waals surface area contributed by atoms with Crippen molar-refractivity contribution in [2.45, 2.75) is 44.1 Å². The van der Waals surface area contributed by atoms with Crippen molar-refractivity contribution in [2.75, 3.05) is 0 Å². The van der Waals surface area contributed by atoms with E-state index in [0.717, 1.165) is 24.8 Å². The maximum Gasteiger partial charge on any atom is 0.339 e. The zero-order valence-electron chi connectivity index (χ0n) is 15.7. The first-order valence-electron chi connectivity index (χ1n) is 9.92. The van der Waals surface area contributed by atoms with Crippen LogP contribution in [-0.4, -0.2) is 23.0 Å². The molecule has 2 unspecified atom stereocenters. The minimum atomic E-state index is -0.893. The Balaban J connectivity index is 1.50. The molecule has 0 radical (unpaired) electrons. The topological polar surface area (TPSA) is 63.6 Å². The second kappa shape index (κ2) is 8.01. The smallest absolute Gasteiger partial charge is 0.339 e. The lowest BCUT2D eigenvalue weighted by atomic mass is 9.83. The number of ketones is 1. The molecule has 1 aliphatic carbocycles. The third-order valence-corrected chi connectivity index (χ3v) is 5.59. The van der Waals surface area contributed by atoms with Gasteiger partial charge in [0.25, 0.3) is 0 Å². The van der Waals surface area contributed by atoms with Gasteiger partial charge in [0.05, 0.1) is 5.57 Å². The van der Waals surface area contributed by atoms with Gasteiger partial charge in [-0.3, -0.25) is 4.79 Å². The predicted molar refractivity (Wildman–Crippen MR) is 106 cm³/mol. The minimum absolute atomic E-state index is 0.137. The van der Waals surface area contributed by atoms with Gasteiger partial charge in [0.1, 0.15) is 0 Å². The number of aliphatic hydroxyl groups is 1. The molecule has 0 saturated heterocycles. The highest BCUT2D eigenvalue weighted by Gasteiger charge is 2.45. The van der Waals surface area contributed by atoms with Crippen LogP contribution in [0.15, 0.2) is 72.0 Å². The number of aryl methyl sites for hydroxylation is 1. The van der Waals surface area contributed by atoms with Crippen LogP contribution >= 0.6 is 0 Å². The molecular weight excluding hydrogens is 352 g/mol. The normalized spacial score (nSPS) is 20.8. The average Bonchev–Trinajstić information content (AvgIpc) is 3.55. The van der Waals surface area contributed by atoms with Crippen LogP contribution in [0.1, 0.15) is 42.7 Å². The van der Waals surface area contributed by atoms with Crippen molar-refractivity contribution in [1.29, 1.82) is 0 Å². The van der Waals surface area contributed by atoms with Crippen molar-refractivity contribution in [3.8, 4) is 0 Å².